The first kappa shape index (κ1) is 11.8. The average Bonchev–Trinajstić information content (AvgIpc) is 2.16. The maximum absolute atomic E-state index is 10.3. The highest BCUT2D eigenvalue weighted by Crippen LogP contribution is 2.16. The van der Waals surface area contributed by atoms with E-state index in [2.05, 4.69) is 21.2 Å². The van der Waals surface area contributed by atoms with Gasteiger partial charge in [-0.3, -0.25) is 0 Å². The molecule has 0 saturated carbocycles. The minimum Gasteiger partial charge on any atom is -0.491 e. The van der Waals surface area contributed by atoms with Gasteiger partial charge in [0.1, 0.15) is 12.4 Å². The van der Waals surface area contributed by atoms with Crippen LogP contribution in [0.5, 0.6) is 5.75 Å². The van der Waals surface area contributed by atoms with E-state index in [1.807, 2.05) is 24.3 Å². The zero-order valence-electron chi connectivity index (χ0n) is 8.24. The van der Waals surface area contributed by atoms with E-state index in [-0.39, 0.29) is 6.04 Å². The van der Waals surface area contributed by atoms with Crippen molar-refractivity contribution in [2.75, 3.05) is 6.61 Å². The predicted molar refractivity (Wildman–Crippen MR) is 60.3 cm³/mol. The first-order chi connectivity index (χ1) is 7.08. The quantitative estimate of drug-likeness (QED) is 0.886. The maximum atomic E-state index is 10.3. The van der Waals surface area contributed by atoms with Crippen LogP contribution in [0, 0.1) is 0 Å². The summed E-state index contributed by atoms with van der Waals surface area (Å²) in [6.45, 7) is 2.06. The lowest BCUT2D eigenvalue weighted by molar-refractivity contribution is 0.183. The Balaban J connectivity index is 2.36. The molecule has 1 aromatic carbocycles. The molecule has 0 aromatic heterocycles. The van der Waals surface area contributed by atoms with Crippen molar-refractivity contribution < 1.29 is 14.6 Å². The molecule has 0 saturated heterocycles. The second-order valence-electron chi connectivity index (χ2n) is 3.12. The van der Waals surface area contributed by atoms with Crippen molar-refractivity contribution in [1.82, 2.24) is 5.32 Å². The third-order valence-corrected chi connectivity index (χ3v) is 2.21. The van der Waals surface area contributed by atoms with Gasteiger partial charge in [0.2, 0.25) is 0 Å². The van der Waals surface area contributed by atoms with Gasteiger partial charge in [-0.05, 0) is 31.2 Å². The molecule has 1 rings (SSSR count). The van der Waals surface area contributed by atoms with Crippen molar-refractivity contribution in [3.63, 3.8) is 0 Å². The van der Waals surface area contributed by atoms with Crippen LogP contribution in [0.25, 0.3) is 0 Å². The lowest BCUT2D eigenvalue weighted by Gasteiger charge is -2.12. The molecule has 1 aromatic rings. The van der Waals surface area contributed by atoms with E-state index in [9.17, 15) is 4.79 Å². The molecule has 0 spiro atoms. The number of carboxylic acid groups (broad SMARTS) is 1. The minimum atomic E-state index is -1.04. The Morgan fingerprint density at radius 3 is 2.67 bits per heavy atom. The molecule has 5 heteroatoms. The Morgan fingerprint density at radius 2 is 2.13 bits per heavy atom. The molecule has 0 aliphatic heterocycles. The lowest BCUT2D eigenvalue weighted by Crippen LogP contribution is -2.35. The normalized spacial score (nSPS) is 11.9. The van der Waals surface area contributed by atoms with Crippen LogP contribution >= 0.6 is 15.9 Å². The third kappa shape index (κ3) is 4.69. The Bertz CT molecular complexity index is 326. The monoisotopic (exact) mass is 273 g/mol. The van der Waals surface area contributed by atoms with Crippen LogP contribution < -0.4 is 10.1 Å². The lowest BCUT2D eigenvalue weighted by atomic mass is 10.3. The summed E-state index contributed by atoms with van der Waals surface area (Å²) in [5, 5.41) is 10.8. The van der Waals surface area contributed by atoms with E-state index in [4.69, 9.17) is 9.84 Å². The van der Waals surface area contributed by atoms with Gasteiger partial charge in [0.25, 0.3) is 0 Å². The summed E-state index contributed by atoms with van der Waals surface area (Å²) in [5.74, 6) is 0.720. The Labute approximate surface area is 96.4 Å². The SMILES string of the molecule is CC(COc1ccc(Br)cc1)NC(=O)O. The van der Waals surface area contributed by atoms with Gasteiger partial charge < -0.3 is 15.2 Å². The Morgan fingerprint density at radius 1 is 1.53 bits per heavy atom. The molecular formula is C10H12BrNO3. The van der Waals surface area contributed by atoms with Crippen LogP contribution in [0.3, 0.4) is 0 Å². The third-order valence-electron chi connectivity index (χ3n) is 1.68. The fourth-order valence-electron chi connectivity index (χ4n) is 1.00. The number of hydrogen-bond donors (Lipinski definition) is 2. The first-order valence-electron chi connectivity index (χ1n) is 4.46. The van der Waals surface area contributed by atoms with Crippen LogP contribution in [0.4, 0.5) is 4.79 Å². The standard InChI is InChI=1S/C10H12BrNO3/c1-7(12-10(13)14)6-15-9-4-2-8(11)3-5-9/h2-5,7,12H,6H2,1H3,(H,13,14). The highest BCUT2D eigenvalue weighted by Gasteiger charge is 2.05. The molecule has 0 bridgehead atoms. The van der Waals surface area contributed by atoms with Crippen molar-refractivity contribution in [2.24, 2.45) is 0 Å². The molecule has 4 nitrogen and oxygen atoms in total. The number of hydrogen-bond acceptors (Lipinski definition) is 2. The van der Waals surface area contributed by atoms with Gasteiger partial charge in [-0.2, -0.15) is 0 Å². The van der Waals surface area contributed by atoms with Crippen molar-refractivity contribution >= 4 is 22.0 Å². The maximum Gasteiger partial charge on any atom is 0.404 e. The number of halogens is 1. The number of benzene rings is 1. The molecule has 15 heavy (non-hydrogen) atoms. The summed E-state index contributed by atoms with van der Waals surface area (Å²) < 4.78 is 6.36. The van der Waals surface area contributed by atoms with E-state index < -0.39 is 6.09 Å². The van der Waals surface area contributed by atoms with Gasteiger partial charge >= 0.3 is 6.09 Å². The van der Waals surface area contributed by atoms with Gasteiger partial charge in [-0.15, -0.1) is 0 Å². The zero-order chi connectivity index (χ0) is 11.3. The largest absolute Gasteiger partial charge is 0.491 e. The highest BCUT2D eigenvalue weighted by molar-refractivity contribution is 9.10. The summed E-state index contributed by atoms with van der Waals surface area (Å²) in [5.41, 5.74) is 0. The number of ether oxygens (including phenoxy) is 1. The second-order valence-corrected chi connectivity index (χ2v) is 4.03. The number of rotatable bonds is 4. The Kier molecular flexibility index (Phi) is 4.42. The van der Waals surface area contributed by atoms with Crippen LogP contribution in [0.15, 0.2) is 28.7 Å². The number of amides is 1. The fraction of sp³-hybridized carbons (Fsp3) is 0.300. The molecule has 0 aliphatic carbocycles. The van der Waals surface area contributed by atoms with Crippen LogP contribution in [0.2, 0.25) is 0 Å². The second kappa shape index (κ2) is 5.60. The smallest absolute Gasteiger partial charge is 0.404 e. The zero-order valence-corrected chi connectivity index (χ0v) is 9.82. The number of carbonyl (C=O) groups is 1. The van der Waals surface area contributed by atoms with E-state index in [0.717, 1.165) is 10.2 Å². The van der Waals surface area contributed by atoms with Gasteiger partial charge in [-0.1, -0.05) is 15.9 Å². The summed E-state index contributed by atoms with van der Waals surface area (Å²) in [7, 11) is 0. The summed E-state index contributed by atoms with van der Waals surface area (Å²) >= 11 is 3.31. The van der Waals surface area contributed by atoms with Crippen molar-refractivity contribution in [3.8, 4) is 5.75 Å². The van der Waals surface area contributed by atoms with Crippen LogP contribution in [-0.4, -0.2) is 23.8 Å². The van der Waals surface area contributed by atoms with Gasteiger partial charge in [-0.25, -0.2) is 4.79 Å². The van der Waals surface area contributed by atoms with Gasteiger partial charge in [0, 0.05) is 4.47 Å². The van der Waals surface area contributed by atoms with Gasteiger partial charge in [0.15, 0.2) is 0 Å². The average molecular weight is 274 g/mol. The molecule has 0 aliphatic rings. The van der Waals surface area contributed by atoms with Crippen LogP contribution in [0.1, 0.15) is 6.92 Å². The highest BCUT2D eigenvalue weighted by atomic mass is 79.9. The van der Waals surface area contributed by atoms with Gasteiger partial charge in [0.05, 0.1) is 6.04 Å². The molecule has 1 atom stereocenters. The number of nitrogens with one attached hydrogen (secondary N) is 1. The molecule has 0 heterocycles. The molecule has 82 valence electrons. The summed E-state index contributed by atoms with van der Waals surface area (Å²) in [6.07, 6.45) is -1.04. The van der Waals surface area contributed by atoms with Crippen molar-refractivity contribution in [2.45, 2.75) is 13.0 Å². The predicted octanol–water partition coefficient (Wildman–Crippen LogP) is 2.48. The fourth-order valence-corrected chi connectivity index (χ4v) is 1.27. The van der Waals surface area contributed by atoms with Crippen molar-refractivity contribution in [3.05, 3.63) is 28.7 Å². The van der Waals surface area contributed by atoms with E-state index >= 15 is 0 Å². The molecule has 1 amide bonds. The minimum absolute atomic E-state index is 0.230. The first-order valence-corrected chi connectivity index (χ1v) is 5.25. The van der Waals surface area contributed by atoms with Crippen LogP contribution in [-0.2, 0) is 0 Å². The molecule has 1 unspecified atom stereocenters. The molecule has 0 radical (unpaired) electrons. The molecular weight excluding hydrogens is 262 g/mol. The van der Waals surface area contributed by atoms with E-state index in [1.54, 1.807) is 6.92 Å². The summed E-state index contributed by atoms with van der Waals surface area (Å²) in [6, 6.07) is 7.14. The molecule has 0 fully saturated rings. The Hall–Kier alpha value is -1.23. The van der Waals surface area contributed by atoms with E-state index in [1.165, 1.54) is 0 Å². The molecule has 2 N–H and O–H groups in total. The summed E-state index contributed by atoms with van der Waals surface area (Å²) in [4.78, 5) is 10.3. The van der Waals surface area contributed by atoms with E-state index in [0.29, 0.717) is 6.61 Å². The van der Waals surface area contributed by atoms with Crippen molar-refractivity contribution in [1.29, 1.82) is 0 Å². The topological polar surface area (TPSA) is 58.6 Å².